The summed E-state index contributed by atoms with van der Waals surface area (Å²) in [6.07, 6.45) is 3.19. The van der Waals surface area contributed by atoms with Crippen LogP contribution in [0.1, 0.15) is 38.8 Å². The minimum absolute atomic E-state index is 0.617. The molecule has 0 amide bonds. The fourth-order valence-corrected chi connectivity index (χ4v) is 1.65. The van der Waals surface area contributed by atoms with Crippen LogP contribution in [0.2, 0.25) is 0 Å². The number of nitrogens with zero attached hydrogens (tertiary/aromatic N) is 2. The van der Waals surface area contributed by atoms with Crippen molar-refractivity contribution in [2.75, 3.05) is 0 Å². The molecule has 1 heterocycles. The molecule has 0 aliphatic rings. The second-order valence-electron chi connectivity index (χ2n) is 3.67. The lowest BCUT2D eigenvalue weighted by atomic mass is 9.90. The zero-order valence-corrected chi connectivity index (χ0v) is 8.41. The van der Waals surface area contributed by atoms with Crippen molar-refractivity contribution >= 4 is 0 Å². The number of rotatable bonds is 3. The maximum absolute atomic E-state index is 4.42. The quantitative estimate of drug-likeness (QED) is 0.674. The lowest BCUT2D eigenvalue weighted by Gasteiger charge is -2.15. The Bertz CT molecular complexity index is 238. The first kappa shape index (κ1) is 9.30. The van der Waals surface area contributed by atoms with E-state index in [1.54, 1.807) is 0 Å². The maximum atomic E-state index is 4.42. The molecular weight excluding hydrogens is 148 g/mol. The summed E-state index contributed by atoms with van der Waals surface area (Å²) in [5.41, 5.74) is 1.23. The Labute approximate surface area is 74.6 Å². The molecule has 1 rings (SSSR count). The van der Waals surface area contributed by atoms with E-state index in [1.807, 2.05) is 17.9 Å². The van der Waals surface area contributed by atoms with Crippen LogP contribution in [0.25, 0.3) is 0 Å². The van der Waals surface area contributed by atoms with E-state index in [2.05, 4.69) is 31.9 Å². The first-order valence-corrected chi connectivity index (χ1v) is 4.64. The minimum Gasteiger partial charge on any atom is -0.276 e. The normalized spacial score (nSPS) is 13.8. The molecule has 0 saturated heterocycles. The highest BCUT2D eigenvalue weighted by Gasteiger charge is 2.15. The molecule has 0 spiro atoms. The van der Waals surface area contributed by atoms with E-state index in [0.29, 0.717) is 11.8 Å². The summed E-state index contributed by atoms with van der Waals surface area (Å²) in [5, 5.41) is 4.42. The molecule has 0 radical (unpaired) electrons. The van der Waals surface area contributed by atoms with Crippen molar-refractivity contribution in [3.05, 3.63) is 18.0 Å². The highest BCUT2D eigenvalue weighted by molar-refractivity contribution is 5.06. The topological polar surface area (TPSA) is 17.8 Å². The monoisotopic (exact) mass is 166 g/mol. The zero-order chi connectivity index (χ0) is 9.14. The summed E-state index contributed by atoms with van der Waals surface area (Å²) in [6.45, 7) is 6.73. The molecule has 1 atom stereocenters. The Morgan fingerprint density at radius 1 is 1.50 bits per heavy atom. The highest BCUT2D eigenvalue weighted by Crippen LogP contribution is 2.25. The molecule has 0 N–H and O–H groups in total. The second kappa shape index (κ2) is 3.74. The van der Waals surface area contributed by atoms with Crippen molar-refractivity contribution in [2.24, 2.45) is 13.0 Å². The summed E-state index contributed by atoms with van der Waals surface area (Å²) in [7, 11) is 1.97. The van der Waals surface area contributed by atoms with Gasteiger partial charge in [0.25, 0.3) is 0 Å². The predicted octanol–water partition coefficient (Wildman–Crippen LogP) is 2.57. The van der Waals surface area contributed by atoms with E-state index in [0.717, 1.165) is 0 Å². The van der Waals surface area contributed by atoms with Crippen LogP contribution in [0.3, 0.4) is 0 Å². The molecule has 12 heavy (non-hydrogen) atoms. The maximum Gasteiger partial charge on any atom is 0.0657 e. The van der Waals surface area contributed by atoms with Gasteiger partial charge in [-0.1, -0.05) is 20.8 Å². The largest absolute Gasteiger partial charge is 0.276 e. The van der Waals surface area contributed by atoms with Gasteiger partial charge in [0.15, 0.2) is 0 Å². The van der Waals surface area contributed by atoms with Gasteiger partial charge in [0.05, 0.1) is 5.69 Å². The van der Waals surface area contributed by atoms with Gasteiger partial charge in [-0.05, 0) is 18.4 Å². The minimum atomic E-state index is 0.617. The molecule has 0 bridgehead atoms. The first-order chi connectivity index (χ1) is 5.65. The van der Waals surface area contributed by atoms with Crippen molar-refractivity contribution in [1.29, 1.82) is 0 Å². The molecule has 0 saturated carbocycles. The Kier molecular flexibility index (Phi) is 2.90. The average molecular weight is 166 g/mol. The van der Waals surface area contributed by atoms with Crippen molar-refractivity contribution in [3.63, 3.8) is 0 Å². The van der Waals surface area contributed by atoms with Crippen molar-refractivity contribution in [2.45, 2.75) is 33.1 Å². The van der Waals surface area contributed by atoms with E-state index in [9.17, 15) is 0 Å². The van der Waals surface area contributed by atoms with E-state index in [4.69, 9.17) is 0 Å². The molecule has 0 unspecified atom stereocenters. The zero-order valence-electron chi connectivity index (χ0n) is 8.41. The van der Waals surface area contributed by atoms with Gasteiger partial charge in [-0.3, -0.25) is 4.68 Å². The summed E-state index contributed by atoms with van der Waals surface area (Å²) in [4.78, 5) is 0. The molecule has 0 aliphatic heterocycles. The van der Waals surface area contributed by atoms with Crippen LogP contribution in [0.15, 0.2) is 12.3 Å². The first-order valence-electron chi connectivity index (χ1n) is 4.64. The molecule has 2 heteroatoms. The fourth-order valence-electron chi connectivity index (χ4n) is 1.65. The Morgan fingerprint density at radius 3 is 2.50 bits per heavy atom. The van der Waals surface area contributed by atoms with Crippen LogP contribution in [0, 0.1) is 5.92 Å². The third kappa shape index (κ3) is 1.87. The highest BCUT2D eigenvalue weighted by atomic mass is 15.2. The van der Waals surface area contributed by atoms with Crippen molar-refractivity contribution in [1.82, 2.24) is 9.78 Å². The van der Waals surface area contributed by atoms with Gasteiger partial charge in [0.1, 0.15) is 0 Å². The van der Waals surface area contributed by atoms with Gasteiger partial charge in [0.2, 0.25) is 0 Å². The van der Waals surface area contributed by atoms with Gasteiger partial charge in [-0.25, -0.2) is 0 Å². The summed E-state index contributed by atoms with van der Waals surface area (Å²) in [6, 6.07) is 2.12. The van der Waals surface area contributed by atoms with Gasteiger partial charge in [-0.2, -0.15) is 5.10 Å². The standard InChI is InChI=1S/C10H18N2/c1-5-9(8(2)3)10-6-7-12(4)11-10/h6-9H,5H2,1-4H3/t9-/m0/s1. The van der Waals surface area contributed by atoms with Gasteiger partial charge in [0, 0.05) is 19.2 Å². The molecule has 1 aromatic rings. The molecule has 0 aromatic carbocycles. The molecule has 0 aliphatic carbocycles. The molecular formula is C10H18N2. The average Bonchev–Trinajstić information content (AvgIpc) is 2.37. The smallest absolute Gasteiger partial charge is 0.0657 e. The lowest BCUT2D eigenvalue weighted by molar-refractivity contribution is 0.469. The molecule has 1 aromatic heterocycles. The Morgan fingerprint density at radius 2 is 2.17 bits per heavy atom. The molecule has 2 nitrogen and oxygen atoms in total. The number of aryl methyl sites for hydroxylation is 1. The second-order valence-corrected chi connectivity index (χ2v) is 3.67. The lowest BCUT2D eigenvalue weighted by Crippen LogP contribution is -2.06. The fraction of sp³-hybridized carbons (Fsp3) is 0.700. The summed E-state index contributed by atoms with van der Waals surface area (Å²) >= 11 is 0. The Hall–Kier alpha value is -0.790. The van der Waals surface area contributed by atoms with Crippen molar-refractivity contribution < 1.29 is 0 Å². The predicted molar refractivity (Wildman–Crippen MR) is 51.1 cm³/mol. The van der Waals surface area contributed by atoms with E-state index in [-0.39, 0.29) is 0 Å². The number of aromatic nitrogens is 2. The SMILES string of the molecule is CC[C@H](c1ccn(C)n1)C(C)C. The third-order valence-electron chi connectivity index (χ3n) is 2.36. The number of hydrogen-bond acceptors (Lipinski definition) is 1. The van der Waals surface area contributed by atoms with Crippen LogP contribution < -0.4 is 0 Å². The van der Waals surface area contributed by atoms with Crippen molar-refractivity contribution in [3.8, 4) is 0 Å². The van der Waals surface area contributed by atoms with Crippen LogP contribution >= 0.6 is 0 Å². The summed E-state index contributed by atoms with van der Waals surface area (Å²) in [5.74, 6) is 1.30. The summed E-state index contributed by atoms with van der Waals surface area (Å²) < 4.78 is 1.88. The molecule has 0 fully saturated rings. The van der Waals surface area contributed by atoms with Crippen LogP contribution in [0.5, 0.6) is 0 Å². The Balaban J connectivity index is 2.80. The van der Waals surface area contributed by atoms with Crippen LogP contribution in [-0.2, 0) is 7.05 Å². The number of hydrogen-bond donors (Lipinski definition) is 0. The van der Waals surface area contributed by atoms with Crippen LogP contribution in [0.4, 0.5) is 0 Å². The van der Waals surface area contributed by atoms with E-state index < -0.39 is 0 Å². The van der Waals surface area contributed by atoms with Gasteiger partial charge < -0.3 is 0 Å². The van der Waals surface area contributed by atoms with Crippen LogP contribution in [-0.4, -0.2) is 9.78 Å². The van der Waals surface area contributed by atoms with E-state index in [1.165, 1.54) is 12.1 Å². The van der Waals surface area contributed by atoms with Gasteiger partial charge in [-0.15, -0.1) is 0 Å². The molecule has 68 valence electrons. The van der Waals surface area contributed by atoms with E-state index >= 15 is 0 Å². The van der Waals surface area contributed by atoms with Gasteiger partial charge >= 0.3 is 0 Å². The third-order valence-corrected chi connectivity index (χ3v) is 2.36.